The molecule has 13 heteroatoms. The van der Waals surface area contributed by atoms with Gasteiger partial charge in [-0.05, 0) is 25.0 Å². The number of fused-ring (bicyclic) bond motifs is 3. The van der Waals surface area contributed by atoms with Gasteiger partial charge in [-0.1, -0.05) is 6.07 Å². The fourth-order valence-corrected chi connectivity index (χ4v) is 3.89. The SMILES string of the molecule is O=C(NCC(F)(F)F)Nc1cccc2nn3c(C4CCN(C(=O)O)CC4)cc(=O)[nH]c3c12. The van der Waals surface area contributed by atoms with Crippen molar-refractivity contribution in [2.45, 2.75) is 24.9 Å². The van der Waals surface area contributed by atoms with Crippen molar-refractivity contribution in [3.05, 3.63) is 40.3 Å². The lowest BCUT2D eigenvalue weighted by Gasteiger charge is -2.30. The molecule has 0 bridgehead atoms. The molecule has 1 aromatic carbocycles. The number of benzene rings is 1. The summed E-state index contributed by atoms with van der Waals surface area (Å²) in [4.78, 5) is 39.5. The molecule has 32 heavy (non-hydrogen) atoms. The molecule has 3 heterocycles. The van der Waals surface area contributed by atoms with E-state index in [1.54, 1.807) is 17.4 Å². The number of anilines is 1. The van der Waals surface area contributed by atoms with E-state index in [4.69, 9.17) is 5.11 Å². The number of carboxylic acid groups (broad SMARTS) is 1. The zero-order chi connectivity index (χ0) is 23.0. The third kappa shape index (κ3) is 4.31. The van der Waals surface area contributed by atoms with Gasteiger partial charge in [-0.25, -0.2) is 14.1 Å². The van der Waals surface area contributed by atoms with E-state index in [-0.39, 0.29) is 17.3 Å². The van der Waals surface area contributed by atoms with E-state index >= 15 is 0 Å². The quantitative estimate of drug-likeness (QED) is 0.485. The van der Waals surface area contributed by atoms with Crippen LogP contribution in [0.1, 0.15) is 24.5 Å². The Hall–Kier alpha value is -3.77. The summed E-state index contributed by atoms with van der Waals surface area (Å²) < 4.78 is 38.6. The molecule has 0 spiro atoms. The van der Waals surface area contributed by atoms with Crippen LogP contribution in [0.15, 0.2) is 29.1 Å². The summed E-state index contributed by atoms with van der Waals surface area (Å²) in [6.07, 6.45) is -4.54. The van der Waals surface area contributed by atoms with Crippen LogP contribution < -0.4 is 16.2 Å². The molecular formula is C19H19F3N6O4. The zero-order valence-electron chi connectivity index (χ0n) is 16.6. The number of nitrogens with one attached hydrogen (secondary N) is 3. The second kappa shape index (κ2) is 8.05. The molecule has 3 amide bonds. The maximum absolute atomic E-state index is 12.4. The number of carbonyl (C=O) groups excluding carboxylic acids is 1. The summed E-state index contributed by atoms with van der Waals surface area (Å²) in [5.41, 5.74) is 1.08. The normalized spacial score (nSPS) is 15.3. The van der Waals surface area contributed by atoms with Crippen LogP contribution >= 0.6 is 0 Å². The van der Waals surface area contributed by atoms with Gasteiger partial charge in [0.15, 0.2) is 0 Å². The Morgan fingerprint density at radius 2 is 1.97 bits per heavy atom. The highest BCUT2D eigenvalue weighted by molar-refractivity contribution is 6.07. The van der Waals surface area contributed by atoms with E-state index in [1.807, 2.05) is 0 Å². The smallest absolute Gasteiger partial charge is 0.407 e. The second-order valence-corrected chi connectivity index (χ2v) is 7.49. The van der Waals surface area contributed by atoms with Gasteiger partial charge in [0.2, 0.25) is 0 Å². The summed E-state index contributed by atoms with van der Waals surface area (Å²) in [6.45, 7) is -0.845. The molecule has 0 unspecified atom stereocenters. The molecule has 1 aliphatic heterocycles. The molecule has 10 nitrogen and oxygen atoms in total. The number of aromatic nitrogens is 3. The fraction of sp³-hybridized carbons (Fsp3) is 0.368. The van der Waals surface area contributed by atoms with Crippen molar-refractivity contribution in [1.82, 2.24) is 24.8 Å². The lowest BCUT2D eigenvalue weighted by atomic mass is 9.93. The average Bonchev–Trinajstić information content (AvgIpc) is 3.10. The molecule has 170 valence electrons. The highest BCUT2D eigenvalue weighted by atomic mass is 19.4. The summed E-state index contributed by atoms with van der Waals surface area (Å²) in [5.74, 6) is -0.115. The van der Waals surface area contributed by atoms with Gasteiger partial charge in [0.05, 0.1) is 22.3 Å². The van der Waals surface area contributed by atoms with Gasteiger partial charge >= 0.3 is 18.3 Å². The number of hydrogen-bond acceptors (Lipinski definition) is 4. The molecule has 1 fully saturated rings. The number of alkyl halides is 3. The summed E-state index contributed by atoms with van der Waals surface area (Å²) in [5, 5.41) is 18.1. The van der Waals surface area contributed by atoms with E-state index in [2.05, 4.69) is 15.4 Å². The van der Waals surface area contributed by atoms with Gasteiger partial charge in [-0.15, -0.1) is 0 Å². The zero-order valence-corrected chi connectivity index (χ0v) is 16.6. The van der Waals surface area contributed by atoms with Crippen LogP contribution in [-0.4, -0.2) is 62.5 Å². The molecular weight excluding hydrogens is 433 g/mol. The number of likely N-dealkylation sites (tertiary alicyclic amines) is 1. The third-order valence-electron chi connectivity index (χ3n) is 5.35. The number of H-pyrrole nitrogens is 1. The van der Waals surface area contributed by atoms with Gasteiger partial charge < -0.3 is 25.6 Å². The van der Waals surface area contributed by atoms with Crippen molar-refractivity contribution in [2.75, 3.05) is 25.0 Å². The van der Waals surface area contributed by atoms with E-state index in [9.17, 15) is 27.6 Å². The number of urea groups is 1. The Morgan fingerprint density at radius 3 is 2.62 bits per heavy atom. The minimum atomic E-state index is -4.55. The minimum Gasteiger partial charge on any atom is -0.465 e. The third-order valence-corrected chi connectivity index (χ3v) is 5.35. The summed E-state index contributed by atoms with van der Waals surface area (Å²) >= 11 is 0. The molecule has 0 atom stereocenters. The molecule has 0 aliphatic carbocycles. The molecule has 1 aliphatic rings. The Morgan fingerprint density at radius 1 is 1.25 bits per heavy atom. The Bertz CT molecular complexity index is 1240. The molecule has 0 radical (unpaired) electrons. The largest absolute Gasteiger partial charge is 0.465 e. The molecule has 0 saturated carbocycles. The van der Waals surface area contributed by atoms with Crippen molar-refractivity contribution in [3.8, 4) is 0 Å². The highest BCUT2D eigenvalue weighted by Gasteiger charge is 2.28. The van der Waals surface area contributed by atoms with Crippen molar-refractivity contribution in [3.63, 3.8) is 0 Å². The lowest BCUT2D eigenvalue weighted by Crippen LogP contribution is -2.37. The van der Waals surface area contributed by atoms with Crippen LogP contribution in [0.4, 0.5) is 28.4 Å². The van der Waals surface area contributed by atoms with Crippen LogP contribution in [0.5, 0.6) is 0 Å². The van der Waals surface area contributed by atoms with Gasteiger partial charge in [-0.2, -0.15) is 18.3 Å². The average molecular weight is 452 g/mol. The number of piperidine rings is 1. The van der Waals surface area contributed by atoms with Crippen LogP contribution in [0.2, 0.25) is 0 Å². The van der Waals surface area contributed by atoms with Gasteiger partial charge in [0, 0.05) is 25.1 Å². The predicted octanol–water partition coefficient (Wildman–Crippen LogP) is 2.72. The monoisotopic (exact) mass is 452 g/mol. The first kappa shape index (κ1) is 21.5. The number of halogens is 3. The first-order valence-electron chi connectivity index (χ1n) is 9.76. The molecule has 4 N–H and O–H groups in total. The molecule has 3 aromatic rings. The fourth-order valence-electron chi connectivity index (χ4n) is 3.89. The summed E-state index contributed by atoms with van der Waals surface area (Å²) in [6, 6.07) is 5.08. The maximum Gasteiger partial charge on any atom is 0.407 e. The predicted molar refractivity (Wildman–Crippen MR) is 108 cm³/mol. The van der Waals surface area contributed by atoms with Crippen molar-refractivity contribution in [2.24, 2.45) is 0 Å². The van der Waals surface area contributed by atoms with Gasteiger partial charge in [-0.3, -0.25) is 4.79 Å². The number of rotatable bonds is 3. The van der Waals surface area contributed by atoms with E-state index in [1.165, 1.54) is 21.5 Å². The van der Waals surface area contributed by atoms with Crippen LogP contribution in [-0.2, 0) is 0 Å². The second-order valence-electron chi connectivity index (χ2n) is 7.49. The molecule has 2 aromatic heterocycles. The standard InChI is InChI=1S/C19H19F3N6O4/c20-19(21,22)9-23-17(30)24-11-2-1-3-12-15(11)16-25-14(29)8-13(28(16)26-12)10-4-6-27(7-5-10)18(31)32/h1-3,8,10H,4-7,9H2,(H,25,29)(H,31,32)(H2,23,24,30). The number of aromatic amines is 1. The number of hydrogen-bond donors (Lipinski definition) is 4. The Balaban J connectivity index is 1.70. The van der Waals surface area contributed by atoms with Crippen LogP contribution in [0.3, 0.4) is 0 Å². The van der Waals surface area contributed by atoms with Crippen molar-refractivity contribution >= 4 is 34.4 Å². The number of nitrogens with zero attached hydrogens (tertiary/aromatic N) is 3. The van der Waals surface area contributed by atoms with Gasteiger partial charge in [0.25, 0.3) is 5.56 Å². The highest BCUT2D eigenvalue weighted by Crippen LogP contribution is 2.31. The van der Waals surface area contributed by atoms with Gasteiger partial charge in [0.1, 0.15) is 12.2 Å². The number of carbonyl (C=O) groups is 2. The lowest BCUT2D eigenvalue weighted by molar-refractivity contribution is -0.122. The topological polar surface area (TPSA) is 132 Å². The first-order valence-corrected chi connectivity index (χ1v) is 9.76. The van der Waals surface area contributed by atoms with E-state index in [0.29, 0.717) is 42.5 Å². The molecule has 1 saturated heterocycles. The van der Waals surface area contributed by atoms with E-state index < -0.39 is 30.4 Å². The Labute approximate surface area is 178 Å². The Kier molecular flexibility index (Phi) is 5.40. The molecule has 4 rings (SSSR count). The maximum atomic E-state index is 12.4. The van der Waals surface area contributed by atoms with Crippen molar-refractivity contribution in [1.29, 1.82) is 0 Å². The van der Waals surface area contributed by atoms with E-state index in [0.717, 1.165) is 0 Å². The summed E-state index contributed by atoms with van der Waals surface area (Å²) in [7, 11) is 0. The first-order chi connectivity index (χ1) is 15.1. The minimum absolute atomic E-state index is 0.115. The van der Waals surface area contributed by atoms with Crippen LogP contribution in [0.25, 0.3) is 16.6 Å². The van der Waals surface area contributed by atoms with Crippen LogP contribution in [0, 0.1) is 0 Å². The van der Waals surface area contributed by atoms with Crippen molar-refractivity contribution < 1.29 is 27.9 Å². The number of amides is 3.